The maximum atomic E-state index is 12.0. The molecular formula is C16H14N2OS. The topological polar surface area (TPSA) is 44.1 Å². The molecule has 1 aromatic carbocycles. The summed E-state index contributed by atoms with van der Waals surface area (Å²) in [6.07, 6.45) is 3.19. The number of hydrogen-bond acceptors (Lipinski definition) is 3. The van der Waals surface area contributed by atoms with Gasteiger partial charge in [-0.05, 0) is 29.2 Å². The van der Waals surface area contributed by atoms with Crippen LogP contribution in [-0.4, -0.2) is 17.9 Å². The van der Waals surface area contributed by atoms with E-state index in [9.17, 15) is 4.79 Å². The maximum absolute atomic E-state index is 12.0. The van der Waals surface area contributed by atoms with E-state index in [0.29, 0.717) is 12.1 Å². The monoisotopic (exact) mass is 282 g/mol. The molecule has 0 saturated heterocycles. The van der Waals surface area contributed by atoms with E-state index >= 15 is 0 Å². The fraction of sp³-hybridized carbons (Fsp3) is 0.125. The Bertz CT molecular complexity index is 653. The quantitative estimate of drug-likeness (QED) is 0.808. The first-order valence-electron chi connectivity index (χ1n) is 6.15. The van der Waals surface area contributed by atoms with Gasteiger partial charge < -0.3 is 4.90 Å². The number of nitriles is 1. The molecule has 1 aromatic heterocycles. The Morgan fingerprint density at radius 3 is 2.85 bits per heavy atom. The minimum absolute atomic E-state index is 0.0776. The molecular weight excluding hydrogens is 268 g/mol. The van der Waals surface area contributed by atoms with E-state index in [1.165, 1.54) is 6.08 Å². The van der Waals surface area contributed by atoms with E-state index in [2.05, 4.69) is 6.07 Å². The Kier molecular flexibility index (Phi) is 4.70. The van der Waals surface area contributed by atoms with E-state index in [-0.39, 0.29) is 5.91 Å². The molecule has 0 fully saturated rings. The molecule has 0 aliphatic carbocycles. The average molecular weight is 282 g/mol. The van der Waals surface area contributed by atoms with Gasteiger partial charge in [-0.15, -0.1) is 11.3 Å². The molecule has 0 bridgehead atoms. The molecule has 0 aliphatic heterocycles. The van der Waals surface area contributed by atoms with Crippen LogP contribution in [0.25, 0.3) is 6.08 Å². The van der Waals surface area contributed by atoms with Crippen molar-refractivity contribution in [1.29, 1.82) is 5.26 Å². The SMILES string of the molecule is CN(Cc1cccs1)C(=O)/C=C/c1ccccc1C#N. The van der Waals surface area contributed by atoms with Crippen LogP contribution in [0, 0.1) is 11.3 Å². The molecule has 1 heterocycles. The van der Waals surface area contributed by atoms with Crippen LogP contribution in [0.15, 0.2) is 47.9 Å². The average Bonchev–Trinajstić information content (AvgIpc) is 2.97. The van der Waals surface area contributed by atoms with Gasteiger partial charge in [-0.2, -0.15) is 5.26 Å². The molecule has 0 atom stereocenters. The largest absolute Gasteiger partial charge is 0.337 e. The Hall–Kier alpha value is -2.38. The summed E-state index contributed by atoms with van der Waals surface area (Å²) in [7, 11) is 1.77. The number of thiophene rings is 1. The predicted molar refractivity (Wildman–Crippen MR) is 81.0 cm³/mol. The molecule has 0 saturated carbocycles. The Morgan fingerprint density at radius 1 is 1.35 bits per heavy atom. The first kappa shape index (κ1) is 14.0. The highest BCUT2D eigenvalue weighted by molar-refractivity contribution is 7.09. The van der Waals surface area contributed by atoms with Crippen molar-refractivity contribution >= 4 is 23.3 Å². The van der Waals surface area contributed by atoms with Crippen molar-refractivity contribution in [2.45, 2.75) is 6.54 Å². The number of amides is 1. The van der Waals surface area contributed by atoms with Crippen molar-refractivity contribution in [1.82, 2.24) is 4.90 Å². The zero-order valence-electron chi connectivity index (χ0n) is 11.1. The highest BCUT2D eigenvalue weighted by Gasteiger charge is 2.06. The zero-order chi connectivity index (χ0) is 14.4. The van der Waals surface area contributed by atoms with Gasteiger partial charge in [0.15, 0.2) is 0 Å². The third-order valence-corrected chi connectivity index (χ3v) is 3.70. The number of benzene rings is 1. The summed E-state index contributed by atoms with van der Waals surface area (Å²) in [5, 5.41) is 11.0. The molecule has 100 valence electrons. The first-order chi connectivity index (χ1) is 9.70. The van der Waals surface area contributed by atoms with Gasteiger partial charge in [0, 0.05) is 18.0 Å². The van der Waals surface area contributed by atoms with E-state index in [1.807, 2.05) is 29.6 Å². The molecule has 20 heavy (non-hydrogen) atoms. The third-order valence-electron chi connectivity index (χ3n) is 2.84. The van der Waals surface area contributed by atoms with Crippen LogP contribution in [0.3, 0.4) is 0 Å². The summed E-state index contributed by atoms with van der Waals surface area (Å²) >= 11 is 1.63. The molecule has 0 radical (unpaired) electrons. The summed E-state index contributed by atoms with van der Waals surface area (Å²) < 4.78 is 0. The van der Waals surface area contributed by atoms with Crippen LogP contribution >= 0.6 is 11.3 Å². The van der Waals surface area contributed by atoms with Gasteiger partial charge in [0.2, 0.25) is 5.91 Å². The fourth-order valence-corrected chi connectivity index (χ4v) is 2.50. The summed E-state index contributed by atoms with van der Waals surface area (Å²) in [5.41, 5.74) is 1.32. The van der Waals surface area contributed by atoms with Crippen LogP contribution in [0.1, 0.15) is 16.0 Å². The summed E-state index contributed by atoms with van der Waals surface area (Å²) in [5.74, 6) is -0.0776. The van der Waals surface area contributed by atoms with Crippen molar-refractivity contribution in [3.8, 4) is 6.07 Å². The molecule has 0 unspecified atom stereocenters. The van der Waals surface area contributed by atoms with E-state index in [0.717, 1.165) is 10.4 Å². The Morgan fingerprint density at radius 2 is 2.15 bits per heavy atom. The molecule has 1 amide bonds. The van der Waals surface area contributed by atoms with Crippen molar-refractivity contribution < 1.29 is 4.79 Å². The number of nitrogens with zero attached hydrogens (tertiary/aromatic N) is 2. The van der Waals surface area contributed by atoms with Gasteiger partial charge in [0.1, 0.15) is 0 Å². The number of likely N-dealkylation sites (N-methyl/N-ethyl adjacent to an activating group) is 1. The second-order valence-corrected chi connectivity index (χ2v) is 5.34. The predicted octanol–water partition coefficient (Wildman–Crippen LogP) is 3.29. The molecule has 0 aliphatic rings. The molecule has 2 rings (SSSR count). The normalized spacial score (nSPS) is 10.4. The number of carbonyl (C=O) groups is 1. The summed E-state index contributed by atoms with van der Waals surface area (Å²) in [4.78, 5) is 14.8. The van der Waals surface area contributed by atoms with Crippen molar-refractivity contribution in [3.05, 3.63) is 63.9 Å². The van der Waals surface area contributed by atoms with Gasteiger partial charge in [0.25, 0.3) is 0 Å². The smallest absolute Gasteiger partial charge is 0.246 e. The lowest BCUT2D eigenvalue weighted by Gasteiger charge is -2.13. The highest BCUT2D eigenvalue weighted by atomic mass is 32.1. The van der Waals surface area contributed by atoms with Crippen LogP contribution in [0.5, 0.6) is 0 Å². The molecule has 3 nitrogen and oxygen atoms in total. The van der Waals surface area contributed by atoms with Crippen molar-refractivity contribution in [2.24, 2.45) is 0 Å². The lowest BCUT2D eigenvalue weighted by atomic mass is 10.1. The van der Waals surface area contributed by atoms with E-state index in [1.54, 1.807) is 41.5 Å². The standard InChI is InChI=1S/C16H14N2OS/c1-18(12-15-7-4-10-20-15)16(19)9-8-13-5-2-3-6-14(13)11-17/h2-10H,12H2,1H3/b9-8+. The van der Waals surface area contributed by atoms with Crippen LogP contribution in [0.4, 0.5) is 0 Å². The Labute approximate surface area is 122 Å². The van der Waals surface area contributed by atoms with E-state index < -0.39 is 0 Å². The van der Waals surface area contributed by atoms with Crippen molar-refractivity contribution in [2.75, 3.05) is 7.05 Å². The van der Waals surface area contributed by atoms with Crippen LogP contribution < -0.4 is 0 Å². The zero-order valence-corrected chi connectivity index (χ0v) is 11.9. The second kappa shape index (κ2) is 6.69. The van der Waals surface area contributed by atoms with Gasteiger partial charge in [0.05, 0.1) is 18.2 Å². The van der Waals surface area contributed by atoms with Gasteiger partial charge in [-0.3, -0.25) is 4.79 Å². The highest BCUT2D eigenvalue weighted by Crippen LogP contribution is 2.12. The second-order valence-electron chi connectivity index (χ2n) is 4.31. The minimum atomic E-state index is -0.0776. The minimum Gasteiger partial charge on any atom is -0.337 e. The number of hydrogen-bond donors (Lipinski definition) is 0. The van der Waals surface area contributed by atoms with Crippen LogP contribution in [0.2, 0.25) is 0 Å². The lowest BCUT2D eigenvalue weighted by Crippen LogP contribution is -2.23. The van der Waals surface area contributed by atoms with Gasteiger partial charge in [-0.25, -0.2) is 0 Å². The first-order valence-corrected chi connectivity index (χ1v) is 7.03. The molecule has 4 heteroatoms. The molecule has 2 aromatic rings. The summed E-state index contributed by atoms with van der Waals surface area (Å²) in [6.45, 7) is 0.598. The van der Waals surface area contributed by atoms with Gasteiger partial charge in [-0.1, -0.05) is 24.3 Å². The van der Waals surface area contributed by atoms with Crippen LogP contribution in [-0.2, 0) is 11.3 Å². The molecule has 0 N–H and O–H groups in total. The third kappa shape index (κ3) is 3.56. The summed E-state index contributed by atoms with van der Waals surface area (Å²) in [6, 6.07) is 13.3. The van der Waals surface area contributed by atoms with Gasteiger partial charge >= 0.3 is 0 Å². The number of rotatable bonds is 4. The maximum Gasteiger partial charge on any atom is 0.246 e. The lowest BCUT2D eigenvalue weighted by molar-refractivity contribution is -0.125. The fourth-order valence-electron chi connectivity index (χ4n) is 1.75. The van der Waals surface area contributed by atoms with Crippen molar-refractivity contribution in [3.63, 3.8) is 0 Å². The number of carbonyl (C=O) groups excluding carboxylic acids is 1. The molecule has 0 spiro atoms. The van der Waals surface area contributed by atoms with E-state index in [4.69, 9.17) is 5.26 Å². The Balaban J connectivity index is 2.03.